The molecule has 1 unspecified atom stereocenters. The molecule has 0 fully saturated rings. The summed E-state index contributed by atoms with van der Waals surface area (Å²) < 4.78 is 0. The largest absolute Gasteiger partial charge is 0.179 e. The predicted molar refractivity (Wildman–Crippen MR) is 47.2 cm³/mol. The maximum atomic E-state index is 4.16. The number of rotatable bonds is 5. The molecule has 0 heterocycles. The van der Waals surface area contributed by atoms with Crippen LogP contribution < -0.4 is 0 Å². The summed E-state index contributed by atoms with van der Waals surface area (Å²) in [6.45, 7) is 4.57. The van der Waals surface area contributed by atoms with E-state index in [4.69, 9.17) is 0 Å². The Hall–Kier alpha value is 0.350. The summed E-state index contributed by atoms with van der Waals surface area (Å²) in [5, 5.41) is 0. The number of hydrogen-bond donors (Lipinski definition) is 1. The van der Waals surface area contributed by atoms with Gasteiger partial charge >= 0.3 is 0 Å². The van der Waals surface area contributed by atoms with Crippen molar-refractivity contribution >= 4 is 12.6 Å². The molecule has 0 aliphatic rings. The maximum absolute atomic E-state index is 4.16. The van der Waals surface area contributed by atoms with E-state index in [1.807, 2.05) is 0 Å². The Balaban J connectivity index is 2.95. The Morgan fingerprint density at radius 1 is 1.33 bits per heavy atom. The van der Waals surface area contributed by atoms with Gasteiger partial charge in [0.1, 0.15) is 0 Å². The summed E-state index contributed by atoms with van der Waals surface area (Å²) >= 11 is 4.16. The SMILES string of the molecule is CCCC(C)CCCS. The molecular weight excluding hydrogens is 128 g/mol. The second-order valence-corrected chi connectivity index (χ2v) is 3.21. The van der Waals surface area contributed by atoms with Crippen molar-refractivity contribution in [1.29, 1.82) is 0 Å². The highest BCUT2D eigenvalue weighted by Crippen LogP contribution is 2.11. The van der Waals surface area contributed by atoms with Crippen LogP contribution in [0, 0.1) is 5.92 Å². The Labute approximate surface area is 64.4 Å². The van der Waals surface area contributed by atoms with Crippen LogP contribution in [0.4, 0.5) is 0 Å². The summed E-state index contributed by atoms with van der Waals surface area (Å²) in [4.78, 5) is 0. The first-order chi connectivity index (χ1) is 4.31. The van der Waals surface area contributed by atoms with Crippen molar-refractivity contribution < 1.29 is 0 Å². The fourth-order valence-electron chi connectivity index (χ4n) is 1.08. The fourth-order valence-corrected chi connectivity index (χ4v) is 1.26. The van der Waals surface area contributed by atoms with Crippen LogP contribution in [-0.2, 0) is 0 Å². The first-order valence-corrected chi connectivity index (χ1v) is 4.55. The van der Waals surface area contributed by atoms with Crippen LogP contribution in [0.2, 0.25) is 0 Å². The molecule has 56 valence electrons. The third-order valence-electron chi connectivity index (χ3n) is 1.64. The first-order valence-electron chi connectivity index (χ1n) is 3.92. The van der Waals surface area contributed by atoms with Crippen LogP contribution in [-0.4, -0.2) is 5.75 Å². The third kappa shape index (κ3) is 6.23. The molecule has 9 heavy (non-hydrogen) atoms. The molecule has 0 aromatic rings. The van der Waals surface area contributed by atoms with Gasteiger partial charge in [-0.05, 0) is 24.5 Å². The van der Waals surface area contributed by atoms with Crippen molar-refractivity contribution in [1.82, 2.24) is 0 Å². The van der Waals surface area contributed by atoms with Gasteiger partial charge in [-0.3, -0.25) is 0 Å². The fraction of sp³-hybridized carbons (Fsp3) is 1.00. The summed E-state index contributed by atoms with van der Waals surface area (Å²) in [5.74, 6) is 1.97. The van der Waals surface area contributed by atoms with Gasteiger partial charge in [-0.1, -0.05) is 26.7 Å². The second kappa shape index (κ2) is 6.47. The van der Waals surface area contributed by atoms with E-state index in [1.165, 1.54) is 25.7 Å². The van der Waals surface area contributed by atoms with Crippen molar-refractivity contribution in [2.24, 2.45) is 5.92 Å². The average molecular weight is 146 g/mol. The minimum absolute atomic E-state index is 0.919. The maximum Gasteiger partial charge on any atom is -0.00978 e. The summed E-state index contributed by atoms with van der Waals surface area (Å²) in [7, 11) is 0. The zero-order valence-corrected chi connectivity index (χ0v) is 7.45. The molecule has 0 radical (unpaired) electrons. The minimum Gasteiger partial charge on any atom is -0.179 e. The molecule has 1 atom stereocenters. The molecule has 0 saturated heterocycles. The molecule has 0 aromatic heterocycles. The quantitative estimate of drug-likeness (QED) is 0.566. The molecule has 0 nitrogen and oxygen atoms in total. The molecule has 0 spiro atoms. The van der Waals surface area contributed by atoms with E-state index in [1.54, 1.807) is 0 Å². The van der Waals surface area contributed by atoms with E-state index in [0.717, 1.165) is 11.7 Å². The zero-order valence-electron chi connectivity index (χ0n) is 6.56. The molecular formula is C8H18S. The molecule has 0 bridgehead atoms. The van der Waals surface area contributed by atoms with Gasteiger partial charge in [0.15, 0.2) is 0 Å². The van der Waals surface area contributed by atoms with Gasteiger partial charge in [0.2, 0.25) is 0 Å². The zero-order chi connectivity index (χ0) is 7.11. The highest BCUT2D eigenvalue weighted by atomic mass is 32.1. The second-order valence-electron chi connectivity index (χ2n) is 2.76. The normalized spacial score (nSPS) is 13.7. The highest BCUT2D eigenvalue weighted by Gasteiger charge is 1.97. The van der Waals surface area contributed by atoms with Crippen LogP contribution in [0.25, 0.3) is 0 Å². The molecule has 0 N–H and O–H groups in total. The van der Waals surface area contributed by atoms with Gasteiger partial charge in [-0.25, -0.2) is 0 Å². The first kappa shape index (κ1) is 9.35. The average Bonchev–Trinajstić information content (AvgIpc) is 1.85. The van der Waals surface area contributed by atoms with Gasteiger partial charge in [-0.15, -0.1) is 0 Å². The van der Waals surface area contributed by atoms with E-state index in [9.17, 15) is 0 Å². The van der Waals surface area contributed by atoms with Crippen molar-refractivity contribution in [3.05, 3.63) is 0 Å². The van der Waals surface area contributed by atoms with Crippen LogP contribution in [0.1, 0.15) is 39.5 Å². The molecule has 0 rings (SSSR count). The van der Waals surface area contributed by atoms with Gasteiger partial charge in [-0.2, -0.15) is 12.6 Å². The Morgan fingerprint density at radius 2 is 2.00 bits per heavy atom. The Kier molecular flexibility index (Phi) is 6.72. The summed E-state index contributed by atoms with van der Waals surface area (Å²) in [6, 6.07) is 0. The summed E-state index contributed by atoms with van der Waals surface area (Å²) in [5.41, 5.74) is 0. The highest BCUT2D eigenvalue weighted by molar-refractivity contribution is 7.80. The molecule has 0 saturated carbocycles. The summed E-state index contributed by atoms with van der Waals surface area (Å²) in [6.07, 6.45) is 5.35. The monoisotopic (exact) mass is 146 g/mol. The lowest BCUT2D eigenvalue weighted by Crippen LogP contribution is -1.93. The molecule has 0 aliphatic heterocycles. The molecule has 1 heteroatoms. The van der Waals surface area contributed by atoms with Gasteiger partial charge in [0.25, 0.3) is 0 Å². The molecule has 0 aliphatic carbocycles. The van der Waals surface area contributed by atoms with Crippen molar-refractivity contribution in [2.45, 2.75) is 39.5 Å². The van der Waals surface area contributed by atoms with Gasteiger partial charge < -0.3 is 0 Å². The van der Waals surface area contributed by atoms with Crippen LogP contribution in [0.3, 0.4) is 0 Å². The van der Waals surface area contributed by atoms with E-state index in [0.29, 0.717) is 0 Å². The van der Waals surface area contributed by atoms with Gasteiger partial charge in [0.05, 0.1) is 0 Å². The Bertz CT molecular complexity index is 52.5. The number of thiol groups is 1. The third-order valence-corrected chi connectivity index (χ3v) is 1.95. The van der Waals surface area contributed by atoms with E-state index >= 15 is 0 Å². The van der Waals surface area contributed by atoms with Gasteiger partial charge in [0, 0.05) is 0 Å². The number of hydrogen-bond acceptors (Lipinski definition) is 1. The predicted octanol–water partition coefficient (Wildman–Crippen LogP) is 3.13. The van der Waals surface area contributed by atoms with Crippen molar-refractivity contribution in [3.63, 3.8) is 0 Å². The van der Waals surface area contributed by atoms with E-state index < -0.39 is 0 Å². The van der Waals surface area contributed by atoms with Crippen molar-refractivity contribution in [2.75, 3.05) is 5.75 Å². The lowest BCUT2D eigenvalue weighted by Gasteiger charge is -2.06. The van der Waals surface area contributed by atoms with E-state index in [-0.39, 0.29) is 0 Å². The molecule has 0 amide bonds. The molecule has 0 aromatic carbocycles. The van der Waals surface area contributed by atoms with Crippen LogP contribution in [0.5, 0.6) is 0 Å². The van der Waals surface area contributed by atoms with Crippen LogP contribution in [0.15, 0.2) is 0 Å². The Morgan fingerprint density at radius 3 is 2.44 bits per heavy atom. The van der Waals surface area contributed by atoms with Crippen molar-refractivity contribution in [3.8, 4) is 0 Å². The smallest absolute Gasteiger partial charge is 0.00978 e. The topological polar surface area (TPSA) is 0 Å². The lowest BCUT2D eigenvalue weighted by molar-refractivity contribution is 0.482. The standard InChI is InChI=1S/C8H18S/c1-3-5-8(2)6-4-7-9/h8-9H,3-7H2,1-2H3. The van der Waals surface area contributed by atoms with Crippen LogP contribution >= 0.6 is 12.6 Å². The van der Waals surface area contributed by atoms with E-state index in [2.05, 4.69) is 26.5 Å². The lowest BCUT2D eigenvalue weighted by atomic mass is 10.0. The minimum atomic E-state index is 0.919.